The largest absolute Gasteiger partial charge is 0.394 e. The third-order valence-corrected chi connectivity index (χ3v) is 11.1. The molecular formula is C18H24I4N2O10. The van der Waals surface area contributed by atoms with Gasteiger partial charge in [0.15, 0.2) is 0 Å². The number of carbonyl (C=O) groups excluding carboxylic acids is 2. The summed E-state index contributed by atoms with van der Waals surface area (Å²) in [6.07, 6.45) is -6.30. The van der Waals surface area contributed by atoms with Gasteiger partial charge in [0, 0.05) is 14.3 Å². The number of benzene rings is 1. The van der Waals surface area contributed by atoms with Gasteiger partial charge in [0.25, 0.3) is 11.8 Å². The van der Waals surface area contributed by atoms with Crippen molar-refractivity contribution >= 4 is 102 Å². The fraction of sp³-hybridized carbons (Fsp3) is 0.556. The van der Waals surface area contributed by atoms with Crippen LogP contribution in [-0.4, -0.2) is 116 Å². The molecule has 0 radical (unpaired) electrons. The fourth-order valence-corrected chi connectivity index (χ4v) is 7.52. The lowest BCUT2D eigenvalue weighted by Gasteiger charge is -2.28. The second kappa shape index (κ2) is 15.2. The third-order valence-electron chi connectivity index (χ3n) is 4.72. The van der Waals surface area contributed by atoms with Gasteiger partial charge in [-0.2, -0.15) is 0 Å². The Morgan fingerprint density at radius 3 is 1.06 bits per heavy atom. The summed E-state index contributed by atoms with van der Waals surface area (Å²) in [5.41, 5.74) is 0.0248. The van der Waals surface area contributed by atoms with Crippen molar-refractivity contribution in [3.05, 3.63) is 25.4 Å². The van der Waals surface area contributed by atoms with Gasteiger partial charge in [0.1, 0.15) is 0 Å². The molecule has 0 bridgehead atoms. The second-order valence-electron chi connectivity index (χ2n) is 7.00. The molecule has 0 saturated carbocycles. The van der Waals surface area contributed by atoms with Gasteiger partial charge in [-0.05, 0) is 90.4 Å². The smallest absolute Gasteiger partial charge is 0.253 e. The Balaban J connectivity index is 3.50. The van der Waals surface area contributed by atoms with Gasteiger partial charge < -0.3 is 51.5 Å². The maximum atomic E-state index is 13.1. The van der Waals surface area contributed by atoms with Crippen LogP contribution in [0.3, 0.4) is 0 Å². The van der Waals surface area contributed by atoms with E-state index >= 15 is 0 Å². The summed E-state index contributed by atoms with van der Waals surface area (Å²) in [5.74, 6) is -1.60. The number of halogens is 4. The number of carbonyl (C=O) groups is 2. The summed E-state index contributed by atoms with van der Waals surface area (Å²) in [4.78, 5) is 26.2. The normalized spacial score (nSPS) is 16.8. The van der Waals surface area contributed by atoms with E-state index in [1.807, 2.05) is 67.8 Å². The van der Waals surface area contributed by atoms with Gasteiger partial charge in [-0.1, -0.05) is 0 Å². The number of aliphatic hydroxyl groups is 8. The van der Waals surface area contributed by atoms with Crippen molar-refractivity contribution in [2.24, 2.45) is 0 Å². The van der Waals surface area contributed by atoms with E-state index in [1.165, 1.54) is 0 Å². The number of aliphatic hydroxyl groups excluding tert-OH is 8. The number of nitrogens with one attached hydrogen (secondary N) is 2. The van der Waals surface area contributed by atoms with Crippen molar-refractivity contribution < 1.29 is 50.4 Å². The molecule has 1 aromatic rings. The maximum Gasteiger partial charge on any atom is 0.253 e. The number of hydrogen-bond donors (Lipinski definition) is 10. The molecule has 0 fully saturated rings. The minimum Gasteiger partial charge on any atom is -0.394 e. The summed E-state index contributed by atoms with van der Waals surface area (Å²) < 4.78 is 1.56. The van der Waals surface area contributed by atoms with Gasteiger partial charge in [-0.25, -0.2) is 0 Å². The molecule has 1 aromatic carbocycles. The minimum absolute atomic E-state index is 0.0124. The first kappa shape index (κ1) is 32.8. The topological polar surface area (TPSA) is 220 Å². The monoisotopic (exact) mass is 936 g/mol. The molecule has 0 heterocycles. The van der Waals surface area contributed by atoms with Gasteiger partial charge >= 0.3 is 0 Å². The summed E-state index contributed by atoms with van der Waals surface area (Å²) in [6.45, 7) is -3.18. The van der Waals surface area contributed by atoms with Crippen LogP contribution in [0.4, 0.5) is 0 Å². The predicted octanol–water partition coefficient (Wildman–Crippen LogP) is -2.29. The van der Waals surface area contributed by atoms with Crippen LogP contribution in [0.2, 0.25) is 0 Å². The molecule has 2 amide bonds. The lowest BCUT2D eigenvalue weighted by molar-refractivity contribution is -0.0129. The zero-order chi connectivity index (χ0) is 26.3. The summed E-state index contributed by atoms with van der Waals surface area (Å²) in [7, 11) is 0. The SMILES string of the molecule is O=C(NC(C(O)CO)C(O)CO)c1c(I)c(I)c(I)c(C(=O)NC(C(O)CO)C(O)CO)c1I. The third kappa shape index (κ3) is 7.88. The Labute approximate surface area is 249 Å². The molecular weight excluding hydrogens is 912 g/mol. The second-order valence-corrected chi connectivity index (χ2v) is 11.3. The molecule has 0 aliphatic carbocycles. The van der Waals surface area contributed by atoms with E-state index in [4.69, 9.17) is 0 Å². The predicted molar refractivity (Wildman–Crippen MR) is 152 cm³/mol. The number of amides is 2. The van der Waals surface area contributed by atoms with E-state index in [0.29, 0.717) is 10.7 Å². The molecule has 0 aliphatic rings. The average molecular weight is 936 g/mol. The zero-order valence-corrected chi connectivity index (χ0v) is 25.8. The van der Waals surface area contributed by atoms with Crippen LogP contribution in [-0.2, 0) is 0 Å². The van der Waals surface area contributed by atoms with Crippen LogP contribution in [0.1, 0.15) is 20.7 Å². The molecule has 16 heteroatoms. The Morgan fingerprint density at radius 2 is 0.824 bits per heavy atom. The molecule has 0 saturated heterocycles. The van der Waals surface area contributed by atoms with Crippen LogP contribution in [0.5, 0.6) is 0 Å². The van der Waals surface area contributed by atoms with Crippen molar-refractivity contribution in [2.75, 3.05) is 26.4 Å². The molecule has 1 rings (SSSR count). The van der Waals surface area contributed by atoms with Gasteiger partial charge in [0.2, 0.25) is 0 Å². The zero-order valence-electron chi connectivity index (χ0n) is 17.2. The molecule has 34 heavy (non-hydrogen) atoms. The van der Waals surface area contributed by atoms with Crippen LogP contribution in [0.25, 0.3) is 0 Å². The van der Waals surface area contributed by atoms with Crippen molar-refractivity contribution in [3.8, 4) is 0 Å². The Bertz CT molecular complexity index is 793. The van der Waals surface area contributed by atoms with Gasteiger partial charge in [-0.3, -0.25) is 9.59 Å². The Morgan fingerprint density at radius 1 is 0.559 bits per heavy atom. The van der Waals surface area contributed by atoms with Crippen molar-refractivity contribution in [1.82, 2.24) is 10.6 Å². The van der Waals surface area contributed by atoms with Crippen LogP contribution in [0.15, 0.2) is 0 Å². The van der Waals surface area contributed by atoms with E-state index in [1.54, 1.807) is 22.6 Å². The van der Waals surface area contributed by atoms with Crippen molar-refractivity contribution in [2.45, 2.75) is 36.5 Å². The van der Waals surface area contributed by atoms with E-state index in [-0.39, 0.29) is 14.7 Å². The first-order valence-electron chi connectivity index (χ1n) is 9.51. The van der Waals surface area contributed by atoms with E-state index < -0.39 is 74.7 Å². The molecule has 0 aliphatic heterocycles. The van der Waals surface area contributed by atoms with Crippen LogP contribution < -0.4 is 10.6 Å². The summed E-state index contributed by atoms with van der Waals surface area (Å²) in [5, 5.41) is 81.4. The maximum absolute atomic E-state index is 13.1. The van der Waals surface area contributed by atoms with E-state index in [2.05, 4.69) is 10.6 Å². The van der Waals surface area contributed by atoms with Gasteiger partial charge in [0.05, 0.1) is 74.1 Å². The summed E-state index contributed by atoms with van der Waals surface area (Å²) in [6, 6.07) is -2.82. The molecule has 0 spiro atoms. The Hall–Kier alpha value is 0.760. The van der Waals surface area contributed by atoms with Crippen LogP contribution >= 0.6 is 90.4 Å². The molecule has 12 nitrogen and oxygen atoms in total. The highest BCUT2D eigenvalue weighted by Crippen LogP contribution is 2.33. The average Bonchev–Trinajstić information content (AvgIpc) is 2.82. The van der Waals surface area contributed by atoms with Gasteiger partial charge in [-0.15, -0.1) is 0 Å². The molecule has 4 unspecified atom stereocenters. The minimum atomic E-state index is -1.58. The highest BCUT2D eigenvalue weighted by atomic mass is 127. The first-order valence-corrected chi connectivity index (χ1v) is 13.8. The van der Waals surface area contributed by atoms with E-state index in [9.17, 15) is 50.4 Å². The molecule has 194 valence electrons. The lowest BCUT2D eigenvalue weighted by Crippen LogP contribution is -2.54. The van der Waals surface area contributed by atoms with Crippen molar-refractivity contribution in [3.63, 3.8) is 0 Å². The molecule has 0 aromatic heterocycles. The van der Waals surface area contributed by atoms with E-state index in [0.717, 1.165) is 0 Å². The molecule has 10 N–H and O–H groups in total. The summed E-state index contributed by atoms with van der Waals surface area (Å²) >= 11 is 7.46. The highest BCUT2D eigenvalue weighted by molar-refractivity contribution is 14.1. The first-order chi connectivity index (χ1) is 15.9. The fourth-order valence-electron chi connectivity index (χ4n) is 2.83. The number of rotatable bonds is 12. The Kier molecular flexibility index (Phi) is 14.7. The highest BCUT2D eigenvalue weighted by Gasteiger charge is 2.34. The standard InChI is InChI=1S/C18H24I4N2O10/c19-11-9(17(33)23-15(5(29)1-25)6(30)2-26)12(20)14(22)13(21)10(11)18(34)24-16(7(31)3-27)8(32)4-28/h5-8,15-16,25-32H,1-4H2,(H,23,33)(H,24,34). The molecule has 4 atom stereocenters. The quantitative estimate of drug-likeness (QED) is 0.0615. The van der Waals surface area contributed by atoms with Crippen LogP contribution in [0, 0.1) is 14.3 Å². The number of hydrogen-bond acceptors (Lipinski definition) is 10. The lowest BCUT2D eigenvalue weighted by atomic mass is 10.0. The van der Waals surface area contributed by atoms with Crippen molar-refractivity contribution in [1.29, 1.82) is 0 Å².